The average Bonchev–Trinajstić information content (AvgIpc) is 3.02. The second kappa shape index (κ2) is 6.73. The van der Waals surface area contributed by atoms with Gasteiger partial charge in [-0.1, -0.05) is 24.3 Å². The maximum Gasteiger partial charge on any atom is 0.238 e. The Balaban J connectivity index is 2.10. The lowest BCUT2D eigenvalue weighted by Gasteiger charge is -2.18. The number of hydrogen-bond donors (Lipinski definition) is 3. The molecule has 0 saturated carbocycles. The van der Waals surface area contributed by atoms with Crippen molar-refractivity contribution in [2.75, 3.05) is 13.2 Å². The first-order chi connectivity index (χ1) is 12.3. The van der Waals surface area contributed by atoms with Crippen LogP contribution in [0.3, 0.4) is 0 Å². The molecular weight excluding hydrogens is 359 g/mol. The van der Waals surface area contributed by atoms with E-state index >= 15 is 0 Å². The van der Waals surface area contributed by atoms with Crippen molar-refractivity contribution in [2.45, 2.75) is 4.90 Å². The molecule has 3 rings (SSSR count). The minimum atomic E-state index is -3.81. The summed E-state index contributed by atoms with van der Waals surface area (Å²) in [5.74, 6) is -0.481. The number of rotatable bonds is 5. The maximum atomic E-state index is 13.2. The molecule has 1 aromatic heterocycles. The SMILES string of the molecule is NS(=O)(=O)c1ccc(C2=CC(CO)(CO)C=C2c2ccc(F)cn2)cc1. The van der Waals surface area contributed by atoms with Crippen molar-refractivity contribution < 1.29 is 23.0 Å². The van der Waals surface area contributed by atoms with Gasteiger partial charge in [-0.15, -0.1) is 0 Å². The van der Waals surface area contributed by atoms with Crippen LogP contribution in [0, 0.1) is 11.2 Å². The first kappa shape index (κ1) is 18.4. The van der Waals surface area contributed by atoms with Gasteiger partial charge in [0.1, 0.15) is 5.82 Å². The van der Waals surface area contributed by atoms with Crippen molar-refractivity contribution in [2.24, 2.45) is 10.6 Å². The zero-order chi connectivity index (χ0) is 18.9. The van der Waals surface area contributed by atoms with Crippen molar-refractivity contribution >= 4 is 21.2 Å². The van der Waals surface area contributed by atoms with E-state index < -0.39 is 21.3 Å². The molecule has 0 radical (unpaired) electrons. The highest BCUT2D eigenvalue weighted by Gasteiger charge is 2.33. The fourth-order valence-electron chi connectivity index (χ4n) is 2.81. The second-order valence-corrected chi connectivity index (χ2v) is 7.66. The van der Waals surface area contributed by atoms with Crippen molar-refractivity contribution in [3.05, 3.63) is 71.8 Å². The average molecular weight is 376 g/mol. The number of hydrogen-bond acceptors (Lipinski definition) is 5. The van der Waals surface area contributed by atoms with Crippen LogP contribution in [0.1, 0.15) is 11.3 Å². The van der Waals surface area contributed by atoms with Gasteiger partial charge in [0.15, 0.2) is 0 Å². The predicted molar refractivity (Wildman–Crippen MR) is 94.6 cm³/mol. The van der Waals surface area contributed by atoms with Gasteiger partial charge in [-0.3, -0.25) is 4.98 Å². The van der Waals surface area contributed by atoms with E-state index in [1.54, 1.807) is 24.3 Å². The van der Waals surface area contributed by atoms with Gasteiger partial charge in [-0.05, 0) is 35.4 Å². The molecule has 6 nitrogen and oxygen atoms in total. The van der Waals surface area contributed by atoms with Crippen molar-refractivity contribution in [1.29, 1.82) is 0 Å². The number of benzene rings is 1. The van der Waals surface area contributed by atoms with Gasteiger partial charge in [0.05, 0.1) is 35.4 Å². The largest absolute Gasteiger partial charge is 0.395 e. The number of nitrogens with zero attached hydrogens (tertiary/aromatic N) is 1. The molecule has 136 valence electrons. The minimum absolute atomic E-state index is 0.0270. The smallest absolute Gasteiger partial charge is 0.238 e. The molecule has 1 aromatic carbocycles. The molecule has 0 saturated heterocycles. The van der Waals surface area contributed by atoms with Crippen LogP contribution in [-0.2, 0) is 10.0 Å². The molecule has 1 aliphatic rings. The van der Waals surface area contributed by atoms with Gasteiger partial charge in [0.25, 0.3) is 0 Å². The Kier molecular flexibility index (Phi) is 4.76. The minimum Gasteiger partial charge on any atom is -0.395 e. The Morgan fingerprint density at radius 2 is 1.62 bits per heavy atom. The third-order valence-corrected chi connectivity index (χ3v) is 5.17. The summed E-state index contributed by atoms with van der Waals surface area (Å²) in [6.45, 7) is -0.653. The Morgan fingerprint density at radius 1 is 1.00 bits per heavy atom. The molecule has 0 spiro atoms. The number of halogens is 1. The summed E-state index contributed by atoms with van der Waals surface area (Å²) < 4.78 is 36.0. The van der Waals surface area contributed by atoms with Gasteiger partial charge in [0.2, 0.25) is 10.0 Å². The molecule has 0 fully saturated rings. The van der Waals surface area contributed by atoms with Crippen molar-refractivity contribution in [1.82, 2.24) is 4.98 Å². The summed E-state index contributed by atoms with van der Waals surface area (Å²) >= 11 is 0. The van der Waals surface area contributed by atoms with Gasteiger partial charge >= 0.3 is 0 Å². The third kappa shape index (κ3) is 3.45. The Hall–Kier alpha value is -2.39. The standard InChI is InChI=1S/C18H17FN2O4S/c19-13-3-6-17(21-9-13)16-8-18(10-22,11-23)7-15(16)12-1-4-14(5-2-12)26(20,24)25/h1-9,22-23H,10-11H2,(H2,20,24,25). The van der Waals surface area contributed by atoms with E-state index in [0.717, 1.165) is 6.20 Å². The fraction of sp³-hybridized carbons (Fsp3) is 0.167. The second-order valence-electron chi connectivity index (χ2n) is 6.10. The molecule has 26 heavy (non-hydrogen) atoms. The van der Waals surface area contributed by atoms with E-state index in [9.17, 15) is 23.0 Å². The van der Waals surface area contributed by atoms with E-state index in [1.807, 2.05) is 0 Å². The van der Waals surface area contributed by atoms with Crippen LogP contribution in [0.25, 0.3) is 11.1 Å². The van der Waals surface area contributed by atoms with Crippen LogP contribution in [-0.4, -0.2) is 36.8 Å². The molecule has 0 atom stereocenters. The molecule has 0 bridgehead atoms. The van der Waals surface area contributed by atoms with Crippen molar-refractivity contribution in [3.63, 3.8) is 0 Å². The molecule has 1 aliphatic carbocycles. The number of sulfonamides is 1. The third-order valence-electron chi connectivity index (χ3n) is 4.24. The number of aromatic nitrogens is 1. The lowest BCUT2D eigenvalue weighted by molar-refractivity contribution is 0.131. The topological polar surface area (TPSA) is 114 Å². The number of pyridine rings is 1. The van der Waals surface area contributed by atoms with Gasteiger partial charge in [0, 0.05) is 5.57 Å². The summed E-state index contributed by atoms with van der Waals surface area (Å²) in [4.78, 5) is 4.04. The molecular formula is C18H17FN2O4S. The lowest BCUT2D eigenvalue weighted by atomic mass is 9.92. The zero-order valence-corrected chi connectivity index (χ0v) is 14.4. The first-order valence-electron chi connectivity index (χ1n) is 7.71. The summed E-state index contributed by atoms with van der Waals surface area (Å²) in [5.41, 5.74) is 1.39. The number of primary sulfonamides is 1. The van der Waals surface area contributed by atoms with E-state index in [-0.39, 0.29) is 18.1 Å². The highest BCUT2D eigenvalue weighted by atomic mass is 32.2. The monoisotopic (exact) mass is 376 g/mol. The van der Waals surface area contributed by atoms with Crippen LogP contribution < -0.4 is 5.14 Å². The Labute approximate surface area is 150 Å². The molecule has 0 unspecified atom stereocenters. The maximum absolute atomic E-state index is 13.2. The lowest BCUT2D eigenvalue weighted by Crippen LogP contribution is -2.23. The fourth-order valence-corrected chi connectivity index (χ4v) is 3.33. The predicted octanol–water partition coefficient (Wildman–Crippen LogP) is 1.32. The molecule has 0 amide bonds. The van der Waals surface area contributed by atoms with Crippen LogP contribution in [0.2, 0.25) is 0 Å². The van der Waals surface area contributed by atoms with E-state index in [2.05, 4.69) is 4.98 Å². The molecule has 1 heterocycles. The molecule has 8 heteroatoms. The van der Waals surface area contributed by atoms with Crippen LogP contribution in [0.4, 0.5) is 4.39 Å². The van der Waals surface area contributed by atoms with E-state index in [4.69, 9.17) is 5.14 Å². The number of allylic oxidation sites excluding steroid dienone is 2. The quantitative estimate of drug-likeness (QED) is 0.728. The van der Waals surface area contributed by atoms with Crippen LogP contribution in [0.15, 0.2) is 59.6 Å². The van der Waals surface area contributed by atoms with Gasteiger partial charge in [-0.2, -0.15) is 0 Å². The van der Waals surface area contributed by atoms with Gasteiger partial charge < -0.3 is 10.2 Å². The van der Waals surface area contributed by atoms with Crippen molar-refractivity contribution in [3.8, 4) is 0 Å². The summed E-state index contributed by atoms with van der Waals surface area (Å²) in [7, 11) is -3.81. The van der Waals surface area contributed by atoms with Crippen LogP contribution in [0.5, 0.6) is 0 Å². The summed E-state index contributed by atoms with van der Waals surface area (Å²) in [6, 6.07) is 8.67. The normalized spacial score (nSPS) is 16.3. The van der Waals surface area contributed by atoms with Crippen LogP contribution >= 0.6 is 0 Å². The Bertz CT molecular complexity index is 977. The molecule has 4 N–H and O–H groups in total. The number of aliphatic hydroxyl groups is 2. The summed E-state index contributed by atoms with van der Waals surface area (Å²) in [5, 5.41) is 24.5. The Morgan fingerprint density at radius 3 is 2.12 bits per heavy atom. The molecule has 0 aliphatic heterocycles. The number of nitrogens with two attached hydrogens (primary N) is 1. The highest BCUT2D eigenvalue weighted by molar-refractivity contribution is 7.89. The summed E-state index contributed by atoms with van der Waals surface area (Å²) in [6.07, 6.45) is 4.45. The highest BCUT2D eigenvalue weighted by Crippen LogP contribution is 2.43. The number of aliphatic hydroxyl groups excluding tert-OH is 2. The zero-order valence-electron chi connectivity index (χ0n) is 13.6. The molecule has 2 aromatic rings. The van der Waals surface area contributed by atoms with Gasteiger partial charge in [-0.25, -0.2) is 17.9 Å². The van der Waals surface area contributed by atoms with E-state index in [0.29, 0.717) is 22.4 Å². The van der Waals surface area contributed by atoms with E-state index in [1.165, 1.54) is 24.3 Å². The first-order valence-corrected chi connectivity index (χ1v) is 9.26.